The number of benzene rings is 1. The van der Waals surface area contributed by atoms with E-state index < -0.39 is 0 Å². The number of rotatable bonds is 4. The lowest BCUT2D eigenvalue weighted by atomic mass is 10.1. The molecule has 0 atom stereocenters. The minimum atomic E-state index is 0.486. The molecule has 0 aliphatic carbocycles. The Morgan fingerprint density at radius 2 is 2.36 bits per heavy atom. The number of carbonyl (C=O) groups is 1. The molecule has 0 radical (unpaired) electrons. The minimum Gasteiger partial charge on any atom is -0.492 e. The monoisotopic (exact) mass is 188 g/mol. The van der Waals surface area contributed by atoms with E-state index in [4.69, 9.17) is 11.2 Å². The summed E-state index contributed by atoms with van der Waals surface area (Å²) < 4.78 is 5.42. The van der Waals surface area contributed by atoms with Crippen LogP contribution in [-0.2, 0) is 0 Å². The lowest BCUT2D eigenvalue weighted by molar-refractivity contribution is 0.112. The maximum Gasteiger partial charge on any atom is 0.150 e. The van der Waals surface area contributed by atoms with Crippen LogP contribution in [-0.4, -0.2) is 12.9 Å². The van der Waals surface area contributed by atoms with E-state index in [1.165, 1.54) is 0 Å². The molecule has 2 nitrogen and oxygen atoms in total. The average molecular weight is 188 g/mol. The second kappa shape index (κ2) is 5.08. The highest BCUT2D eigenvalue weighted by Gasteiger charge is 2.00. The zero-order valence-electron chi connectivity index (χ0n) is 8.12. The van der Waals surface area contributed by atoms with E-state index in [0.717, 1.165) is 17.6 Å². The molecular weight excluding hydrogens is 176 g/mol. The van der Waals surface area contributed by atoms with Gasteiger partial charge in [-0.1, -0.05) is 12.1 Å². The molecule has 2 heteroatoms. The van der Waals surface area contributed by atoms with E-state index in [2.05, 4.69) is 5.92 Å². The van der Waals surface area contributed by atoms with E-state index in [-0.39, 0.29) is 0 Å². The molecule has 0 N–H and O–H groups in total. The summed E-state index contributed by atoms with van der Waals surface area (Å²) in [5.74, 6) is 3.22. The van der Waals surface area contributed by atoms with Gasteiger partial charge in [-0.2, -0.15) is 0 Å². The van der Waals surface area contributed by atoms with Crippen molar-refractivity contribution in [2.45, 2.75) is 13.3 Å². The van der Waals surface area contributed by atoms with Crippen molar-refractivity contribution >= 4 is 6.29 Å². The first kappa shape index (κ1) is 10.3. The van der Waals surface area contributed by atoms with E-state index in [1.807, 2.05) is 13.0 Å². The normalized spacial score (nSPS) is 9.14. The van der Waals surface area contributed by atoms with Gasteiger partial charge in [-0.3, -0.25) is 4.79 Å². The Balaban J connectivity index is 2.74. The molecule has 0 aliphatic rings. The summed E-state index contributed by atoms with van der Waals surface area (Å²) in [6.45, 7) is 2.42. The molecule has 1 rings (SSSR count). The van der Waals surface area contributed by atoms with Crippen LogP contribution in [0.4, 0.5) is 0 Å². The first-order valence-electron chi connectivity index (χ1n) is 4.40. The van der Waals surface area contributed by atoms with Crippen LogP contribution in [0.25, 0.3) is 0 Å². The molecular formula is C12H12O2. The van der Waals surface area contributed by atoms with Gasteiger partial charge in [0.05, 0.1) is 6.61 Å². The van der Waals surface area contributed by atoms with Gasteiger partial charge >= 0.3 is 0 Å². The standard InChI is InChI=1S/C12H12O2/c1-3-4-7-14-12-8-11(9-13)6-5-10(12)2/h1,5-6,8-9H,4,7H2,2H3. The maximum atomic E-state index is 10.5. The maximum absolute atomic E-state index is 10.5. The Morgan fingerprint density at radius 1 is 1.57 bits per heavy atom. The molecule has 0 amide bonds. The quantitative estimate of drug-likeness (QED) is 0.411. The Kier molecular flexibility index (Phi) is 3.75. The third-order valence-electron chi connectivity index (χ3n) is 1.85. The first-order chi connectivity index (χ1) is 6.77. The number of hydrogen-bond acceptors (Lipinski definition) is 2. The molecule has 0 unspecified atom stereocenters. The van der Waals surface area contributed by atoms with Crippen molar-refractivity contribution in [3.63, 3.8) is 0 Å². The molecule has 72 valence electrons. The van der Waals surface area contributed by atoms with E-state index >= 15 is 0 Å². The fourth-order valence-electron chi connectivity index (χ4n) is 1.07. The Labute approximate surface area is 83.9 Å². The Morgan fingerprint density at radius 3 is 3.00 bits per heavy atom. The fourth-order valence-corrected chi connectivity index (χ4v) is 1.07. The number of hydrogen-bond donors (Lipinski definition) is 0. The third-order valence-corrected chi connectivity index (χ3v) is 1.85. The van der Waals surface area contributed by atoms with Crippen molar-refractivity contribution in [2.75, 3.05) is 6.61 Å². The summed E-state index contributed by atoms with van der Waals surface area (Å²) in [6.07, 6.45) is 6.47. The minimum absolute atomic E-state index is 0.486. The molecule has 0 fully saturated rings. The highest BCUT2D eigenvalue weighted by atomic mass is 16.5. The van der Waals surface area contributed by atoms with Crippen LogP contribution in [0.5, 0.6) is 5.75 Å². The van der Waals surface area contributed by atoms with E-state index in [1.54, 1.807) is 12.1 Å². The summed E-state index contributed by atoms with van der Waals surface area (Å²) in [5.41, 5.74) is 1.62. The van der Waals surface area contributed by atoms with Gasteiger partial charge in [0.25, 0.3) is 0 Å². The lowest BCUT2D eigenvalue weighted by Crippen LogP contribution is -1.98. The lowest BCUT2D eigenvalue weighted by Gasteiger charge is -2.07. The van der Waals surface area contributed by atoms with Crippen LogP contribution in [0.3, 0.4) is 0 Å². The second-order valence-corrected chi connectivity index (χ2v) is 2.95. The number of aryl methyl sites for hydroxylation is 1. The molecule has 0 spiro atoms. The Hall–Kier alpha value is -1.75. The van der Waals surface area contributed by atoms with Crippen LogP contribution in [0.15, 0.2) is 18.2 Å². The molecule has 1 aromatic carbocycles. The smallest absolute Gasteiger partial charge is 0.150 e. The van der Waals surface area contributed by atoms with Crippen molar-refractivity contribution in [1.29, 1.82) is 0 Å². The van der Waals surface area contributed by atoms with Crippen molar-refractivity contribution in [3.05, 3.63) is 29.3 Å². The summed E-state index contributed by atoms with van der Waals surface area (Å²) in [5, 5.41) is 0. The SMILES string of the molecule is C#CCCOc1cc(C=O)ccc1C. The zero-order chi connectivity index (χ0) is 10.4. The van der Waals surface area contributed by atoms with Gasteiger partial charge in [0, 0.05) is 12.0 Å². The number of ether oxygens (including phenoxy) is 1. The number of terminal acetylenes is 1. The molecule has 0 aliphatic heterocycles. The van der Waals surface area contributed by atoms with Crippen molar-refractivity contribution < 1.29 is 9.53 Å². The molecule has 0 saturated carbocycles. The van der Waals surface area contributed by atoms with Crippen LogP contribution >= 0.6 is 0 Å². The van der Waals surface area contributed by atoms with Crippen LogP contribution < -0.4 is 4.74 Å². The van der Waals surface area contributed by atoms with Gasteiger partial charge in [0.15, 0.2) is 0 Å². The molecule has 14 heavy (non-hydrogen) atoms. The van der Waals surface area contributed by atoms with Crippen molar-refractivity contribution in [2.24, 2.45) is 0 Å². The summed E-state index contributed by atoms with van der Waals surface area (Å²) in [7, 11) is 0. The molecule has 0 heterocycles. The predicted molar refractivity (Wildman–Crippen MR) is 55.5 cm³/mol. The Bertz CT molecular complexity index is 361. The number of aldehydes is 1. The molecule has 0 saturated heterocycles. The van der Waals surface area contributed by atoms with E-state index in [9.17, 15) is 4.79 Å². The van der Waals surface area contributed by atoms with Gasteiger partial charge in [0.2, 0.25) is 0 Å². The highest BCUT2D eigenvalue weighted by Crippen LogP contribution is 2.18. The summed E-state index contributed by atoms with van der Waals surface area (Å²) in [6, 6.07) is 5.34. The van der Waals surface area contributed by atoms with Crippen molar-refractivity contribution in [3.8, 4) is 18.1 Å². The van der Waals surface area contributed by atoms with Crippen LogP contribution in [0.2, 0.25) is 0 Å². The van der Waals surface area contributed by atoms with Gasteiger partial charge in [-0.15, -0.1) is 12.3 Å². The van der Waals surface area contributed by atoms with Crippen LogP contribution in [0.1, 0.15) is 22.3 Å². The second-order valence-electron chi connectivity index (χ2n) is 2.95. The molecule has 0 aromatic heterocycles. The zero-order valence-corrected chi connectivity index (χ0v) is 8.12. The predicted octanol–water partition coefficient (Wildman–Crippen LogP) is 2.21. The van der Waals surface area contributed by atoms with Crippen molar-refractivity contribution in [1.82, 2.24) is 0 Å². The van der Waals surface area contributed by atoms with Gasteiger partial charge in [-0.25, -0.2) is 0 Å². The molecule has 1 aromatic rings. The molecule has 0 bridgehead atoms. The highest BCUT2D eigenvalue weighted by molar-refractivity contribution is 5.75. The topological polar surface area (TPSA) is 26.3 Å². The average Bonchev–Trinajstić information content (AvgIpc) is 2.21. The largest absolute Gasteiger partial charge is 0.492 e. The van der Waals surface area contributed by atoms with Gasteiger partial charge in [0.1, 0.15) is 12.0 Å². The third kappa shape index (κ3) is 2.63. The van der Waals surface area contributed by atoms with Gasteiger partial charge < -0.3 is 4.74 Å². The fraction of sp³-hybridized carbons (Fsp3) is 0.250. The summed E-state index contributed by atoms with van der Waals surface area (Å²) in [4.78, 5) is 10.5. The van der Waals surface area contributed by atoms with Gasteiger partial charge in [-0.05, 0) is 18.6 Å². The van der Waals surface area contributed by atoms with Crippen LogP contribution in [0, 0.1) is 19.3 Å². The summed E-state index contributed by atoms with van der Waals surface area (Å²) >= 11 is 0. The first-order valence-corrected chi connectivity index (χ1v) is 4.40. The van der Waals surface area contributed by atoms with E-state index in [0.29, 0.717) is 18.6 Å². The number of carbonyl (C=O) groups excluding carboxylic acids is 1.